The van der Waals surface area contributed by atoms with Crippen molar-refractivity contribution in [3.05, 3.63) is 89.6 Å². The minimum Gasteiger partial charge on any atom is -0.490 e. The lowest BCUT2D eigenvalue weighted by Gasteiger charge is -2.39. The van der Waals surface area contributed by atoms with Gasteiger partial charge in [0.05, 0.1) is 24.6 Å². The molecule has 0 amide bonds. The molecule has 0 bridgehead atoms. The van der Waals surface area contributed by atoms with Crippen LogP contribution < -0.4 is 14.9 Å². The fourth-order valence-corrected chi connectivity index (χ4v) is 3.72. The van der Waals surface area contributed by atoms with E-state index in [0.717, 1.165) is 17.0 Å². The van der Waals surface area contributed by atoms with Crippen LogP contribution in [0.15, 0.2) is 71.4 Å². The number of benzene rings is 2. The van der Waals surface area contributed by atoms with Crippen LogP contribution in [-0.4, -0.2) is 11.6 Å². The Kier molecular flexibility index (Phi) is 4.06. The number of hydrazine groups is 1. The van der Waals surface area contributed by atoms with E-state index in [-0.39, 0.29) is 11.9 Å². The highest BCUT2D eigenvalue weighted by molar-refractivity contribution is 5.65. The molecule has 1 aromatic heterocycles. The zero-order valence-electron chi connectivity index (χ0n) is 15.3. The van der Waals surface area contributed by atoms with Crippen molar-refractivity contribution in [1.29, 1.82) is 0 Å². The molecule has 142 valence electrons. The highest BCUT2D eigenvalue weighted by atomic mass is 19.1. The van der Waals surface area contributed by atoms with Crippen molar-refractivity contribution in [2.45, 2.75) is 19.2 Å². The van der Waals surface area contributed by atoms with Gasteiger partial charge < -0.3 is 19.3 Å². The van der Waals surface area contributed by atoms with Crippen molar-refractivity contribution in [3.63, 3.8) is 0 Å². The summed E-state index contributed by atoms with van der Waals surface area (Å²) in [5.74, 6) is 1.79. The number of hydrogen-bond donors (Lipinski definition) is 1. The molecule has 0 radical (unpaired) electrons. The maximum absolute atomic E-state index is 13.9. The first-order valence-electron chi connectivity index (χ1n) is 9.23. The van der Waals surface area contributed by atoms with Crippen LogP contribution in [0.4, 0.5) is 4.39 Å². The third kappa shape index (κ3) is 2.73. The van der Waals surface area contributed by atoms with Crippen LogP contribution in [-0.2, 0) is 0 Å². The Labute approximate surface area is 162 Å². The number of nitrogens with zero attached hydrogens (tertiary/aromatic N) is 1. The fraction of sp³-hybridized carbons (Fsp3) is 0.182. The number of nitrogens with one attached hydrogen (secondary N) is 1. The summed E-state index contributed by atoms with van der Waals surface area (Å²) in [6.45, 7) is 2.47. The summed E-state index contributed by atoms with van der Waals surface area (Å²) in [6.07, 6.45) is 3.19. The first kappa shape index (κ1) is 16.9. The summed E-state index contributed by atoms with van der Waals surface area (Å²) in [7, 11) is 0. The molecule has 0 aliphatic carbocycles. The van der Waals surface area contributed by atoms with Crippen molar-refractivity contribution in [3.8, 4) is 11.5 Å². The molecule has 5 nitrogen and oxygen atoms in total. The van der Waals surface area contributed by atoms with Gasteiger partial charge in [0, 0.05) is 11.1 Å². The third-order valence-corrected chi connectivity index (χ3v) is 4.90. The van der Waals surface area contributed by atoms with Gasteiger partial charge in [0.15, 0.2) is 23.5 Å². The van der Waals surface area contributed by atoms with Gasteiger partial charge >= 0.3 is 0 Å². The van der Waals surface area contributed by atoms with E-state index < -0.39 is 6.23 Å². The minimum atomic E-state index is -0.529. The van der Waals surface area contributed by atoms with Crippen molar-refractivity contribution >= 4 is 5.70 Å². The van der Waals surface area contributed by atoms with Gasteiger partial charge in [0.1, 0.15) is 5.82 Å². The number of rotatable bonds is 4. The van der Waals surface area contributed by atoms with E-state index in [2.05, 4.69) is 11.5 Å². The number of para-hydroxylation sites is 1. The molecule has 28 heavy (non-hydrogen) atoms. The second-order valence-electron chi connectivity index (χ2n) is 6.65. The molecular formula is C22H19FN2O3. The highest BCUT2D eigenvalue weighted by Gasteiger charge is 2.41. The molecule has 0 saturated heterocycles. The van der Waals surface area contributed by atoms with Crippen molar-refractivity contribution in [2.75, 3.05) is 6.61 Å². The summed E-state index contributed by atoms with van der Waals surface area (Å²) in [6, 6.07) is 15.9. The second kappa shape index (κ2) is 6.73. The van der Waals surface area contributed by atoms with Gasteiger partial charge in [-0.2, -0.15) is 5.01 Å². The van der Waals surface area contributed by atoms with E-state index in [0.29, 0.717) is 23.7 Å². The first-order chi connectivity index (χ1) is 13.7. The Balaban J connectivity index is 1.63. The molecule has 5 rings (SSSR count). The molecule has 6 heteroatoms. The van der Waals surface area contributed by atoms with Crippen LogP contribution in [0.25, 0.3) is 5.70 Å². The van der Waals surface area contributed by atoms with E-state index in [1.165, 1.54) is 12.1 Å². The number of ether oxygens (including phenoxy) is 2. The van der Waals surface area contributed by atoms with E-state index in [1.807, 2.05) is 48.3 Å². The van der Waals surface area contributed by atoms with Crippen molar-refractivity contribution < 1.29 is 18.3 Å². The maximum Gasteiger partial charge on any atom is 0.196 e. The van der Waals surface area contributed by atoms with Gasteiger partial charge in [-0.25, -0.2) is 4.39 Å². The Hall–Kier alpha value is -3.25. The molecule has 2 aliphatic heterocycles. The lowest BCUT2D eigenvalue weighted by Crippen LogP contribution is -2.43. The second-order valence-corrected chi connectivity index (χ2v) is 6.65. The molecule has 2 aliphatic rings. The van der Waals surface area contributed by atoms with Crippen LogP contribution in [0, 0.1) is 5.82 Å². The minimum absolute atomic E-state index is 0.113. The molecule has 3 heterocycles. The zero-order chi connectivity index (χ0) is 19.1. The molecule has 2 atom stereocenters. The van der Waals surface area contributed by atoms with Gasteiger partial charge in [-0.15, -0.1) is 0 Å². The molecule has 0 fully saturated rings. The Bertz CT molecular complexity index is 1030. The fourth-order valence-electron chi connectivity index (χ4n) is 3.72. The van der Waals surface area contributed by atoms with E-state index >= 15 is 0 Å². The number of fused-ring (bicyclic) bond motifs is 3. The number of furan rings is 1. The first-order valence-corrected chi connectivity index (χ1v) is 9.23. The van der Waals surface area contributed by atoms with Crippen LogP contribution in [0.3, 0.4) is 0 Å². The SMILES string of the molecule is CCOc1cccc2c1OC(c1cccc(F)c1)N1NC(c3ccco3)=CC21. The van der Waals surface area contributed by atoms with E-state index in [4.69, 9.17) is 13.9 Å². The topological polar surface area (TPSA) is 46.9 Å². The quantitative estimate of drug-likeness (QED) is 0.706. The maximum atomic E-state index is 13.9. The standard InChI is InChI=1S/C22H19FN2O3/c1-2-26-20-9-4-8-16-18-13-17(19-10-5-11-27-19)24-25(18)22(28-21(16)20)14-6-3-7-15(23)12-14/h3-13,18,22,24H,2H2,1H3. The largest absolute Gasteiger partial charge is 0.490 e. The smallest absolute Gasteiger partial charge is 0.196 e. The average molecular weight is 378 g/mol. The molecule has 0 spiro atoms. The van der Waals surface area contributed by atoms with Crippen molar-refractivity contribution in [2.24, 2.45) is 0 Å². The summed E-state index contributed by atoms with van der Waals surface area (Å²) in [5, 5.41) is 1.96. The molecule has 2 aromatic carbocycles. The highest BCUT2D eigenvalue weighted by Crippen LogP contribution is 2.49. The lowest BCUT2D eigenvalue weighted by molar-refractivity contribution is -0.0349. The molecule has 3 aromatic rings. The molecule has 2 unspecified atom stereocenters. The van der Waals surface area contributed by atoms with Gasteiger partial charge in [-0.05, 0) is 43.3 Å². The van der Waals surface area contributed by atoms with Crippen LogP contribution in [0.5, 0.6) is 11.5 Å². The van der Waals surface area contributed by atoms with Gasteiger partial charge in [0.2, 0.25) is 0 Å². The zero-order valence-corrected chi connectivity index (χ0v) is 15.3. The van der Waals surface area contributed by atoms with Crippen molar-refractivity contribution in [1.82, 2.24) is 10.4 Å². The van der Waals surface area contributed by atoms with E-state index in [1.54, 1.807) is 12.3 Å². The monoisotopic (exact) mass is 378 g/mol. The average Bonchev–Trinajstić information content (AvgIpc) is 3.38. The van der Waals surface area contributed by atoms with Gasteiger partial charge in [-0.1, -0.05) is 24.3 Å². The molecule has 0 saturated carbocycles. The summed E-state index contributed by atoms with van der Waals surface area (Å²) < 4.78 is 31.6. The summed E-state index contributed by atoms with van der Waals surface area (Å²) in [4.78, 5) is 0. The number of halogens is 1. The normalized spacial score (nSPS) is 20.6. The third-order valence-electron chi connectivity index (χ3n) is 4.90. The van der Waals surface area contributed by atoms with E-state index in [9.17, 15) is 4.39 Å². The lowest BCUT2D eigenvalue weighted by atomic mass is 10.0. The van der Waals surface area contributed by atoms with Crippen LogP contribution in [0.2, 0.25) is 0 Å². The Morgan fingerprint density at radius 1 is 1.14 bits per heavy atom. The van der Waals surface area contributed by atoms with Gasteiger partial charge in [0.25, 0.3) is 0 Å². The molecular weight excluding hydrogens is 359 g/mol. The predicted molar refractivity (Wildman–Crippen MR) is 102 cm³/mol. The van der Waals surface area contributed by atoms with Crippen LogP contribution in [0.1, 0.15) is 36.1 Å². The Morgan fingerprint density at radius 2 is 2.04 bits per heavy atom. The number of hydrogen-bond acceptors (Lipinski definition) is 5. The van der Waals surface area contributed by atoms with Crippen LogP contribution >= 0.6 is 0 Å². The predicted octanol–water partition coefficient (Wildman–Crippen LogP) is 4.81. The summed E-state index contributed by atoms with van der Waals surface area (Å²) in [5.41, 5.74) is 5.90. The molecule has 1 N–H and O–H groups in total. The Morgan fingerprint density at radius 3 is 2.82 bits per heavy atom. The van der Waals surface area contributed by atoms with Gasteiger partial charge in [-0.3, -0.25) is 0 Å². The summed E-state index contributed by atoms with van der Waals surface area (Å²) >= 11 is 0.